The van der Waals surface area contributed by atoms with Crippen molar-refractivity contribution in [3.05, 3.63) is 57.3 Å². The minimum absolute atomic E-state index is 0.237. The van der Waals surface area contributed by atoms with E-state index in [-0.39, 0.29) is 6.03 Å². The maximum atomic E-state index is 12.3. The minimum Gasteiger partial charge on any atom is -0.323 e. The number of nitrogens with one attached hydrogen (secondary N) is 1. The van der Waals surface area contributed by atoms with E-state index < -0.39 is 0 Å². The summed E-state index contributed by atoms with van der Waals surface area (Å²) in [5, 5.41) is 16.1. The number of anilines is 1. The number of urea groups is 1. The Morgan fingerprint density at radius 3 is 2.81 bits per heavy atom. The van der Waals surface area contributed by atoms with Crippen LogP contribution in [0.25, 0.3) is 0 Å². The highest BCUT2D eigenvalue weighted by Crippen LogP contribution is 2.20. The minimum atomic E-state index is -0.237. The van der Waals surface area contributed by atoms with E-state index in [9.17, 15) is 4.79 Å². The van der Waals surface area contributed by atoms with Crippen LogP contribution < -0.4 is 5.32 Å². The lowest BCUT2D eigenvalue weighted by molar-refractivity contribution is 0.220. The predicted molar refractivity (Wildman–Crippen MR) is 103 cm³/mol. The van der Waals surface area contributed by atoms with Gasteiger partial charge in [0.25, 0.3) is 0 Å². The fourth-order valence-electron chi connectivity index (χ4n) is 2.63. The molecule has 1 aromatic carbocycles. The highest BCUT2D eigenvalue weighted by molar-refractivity contribution is 7.13. The summed E-state index contributed by atoms with van der Waals surface area (Å²) in [5.74, 6) is 0. The number of aromatic nitrogens is 4. The molecule has 0 fully saturated rings. The van der Waals surface area contributed by atoms with Crippen LogP contribution in [0, 0.1) is 13.8 Å². The molecule has 3 aromatic rings. The number of rotatable bonds is 5. The summed E-state index contributed by atoms with van der Waals surface area (Å²) in [6.07, 6.45) is 0. The van der Waals surface area contributed by atoms with Crippen LogP contribution in [0.3, 0.4) is 0 Å². The third-order valence-electron chi connectivity index (χ3n) is 4.13. The lowest BCUT2D eigenvalue weighted by atomic mass is 10.2. The second-order valence-corrected chi connectivity index (χ2v) is 7.17. The topological polar surface area (TPSA) is 75.9 Å². The first-order chi connectivity index (χ1) is 12.5. The third-order valence-corrected chi connectivity index (χ3v) is 5.10. The third kappa shape index (κ3) is 4.03. The van der Waals surface area contributed by atoms with Crippen LogP contribution in [0.5, 0.6) is 0 Å². The van der Waals surface area contributed by atoms with Crippen molar-refractivity contribution in [3.63, 3.8) is 0 Å². The molecule has 136 valence electrons. The second kappa shape index (κ2) is 7.84. The number of carbonyl (C=O) groups is 1. The van der Waals surface area contributed by atoms with Crippen LogP contribution in [0.4, 0.5) is 9.93 Å². The summed E-state index contributed by atoms with van der Waals surface area (Å²) >= 11 is 7.53. The van der Waals surface area contributed by atoms with Gasteiger partial charge in [0.2, 0.25) is 5.13 Å². The van der Waals surface area contributed by atoms with Gasteiger partial charge in [-0.15, -0.1) is 10.2 Å². The average Bonchev–Trinajstić information content (AvgIpc) is 3.20. The number of carbonyl (C=O) groups excluding carboxylic acids is 1. The first-order valence-corrected chi connectivity index (χ1v) is 9.26. The molecule has 9 heteroatoms. The van der Waals surface area contributed by atoms with Crippen molar-refractivity contribution in [2.45, 2.75) is 26.9 Å². The summed E-state index contributed by atoms with van der Waals surface area (Å²) in [7, 11) is 1.74. The van der Waals surface area contributed by atoms with E-state index in [1.807, 2.05) is 42.8 Å². The van der Waals surface area contributed by atoms with Gasteiger partial charge >= 0.3 is 6.03 Å². The molecule has 0 radical (unpaired) electrons. The number of aryl methyl sites for hydroxylation is 1. The zero-order chi connectivity index (χ0) is 18.7. The lowest BCUT2D eigenvalue weighted by Gasteiger charge is -2.17. The van der Waals surface area contributed by atoms with Crippen LogP contribution in [0.2, 0.25) is 5.02 Å². The van der Waals surface area contributed by atoms with Crippen molar-refractivity contribution in [1.82, 2.24) is 24.9 Å². The predicted octanol–water partition coefficient (Wildman–Crippen LogP) is 3.72. The second-order valence-electron chi connectivity index (χ2n) is 5.93. The van der Waals surface area contributed by atoms with Crippen LogP contribution in [0.15, 0.2) is 29.8 Å². The monoisotopic (exact) mass is 390 g/mol. The Bertz CT molecular complexity index is 908. The molecule has 1 N–H and O–H groups in total. The molecule has 0 aliphatic carbocycles. The molecule has 2 heterocycles. The molecule has 26 heavy (non-hydrogen) atoms. The van der Waals surface area contributed by atoms with Gasteiger partial charge in [-0.25, -0.2) is 4.79 Å². The molecule has 0 bridgehead atoms. The Balaban J connectivity index is 1.73. The summed E-state index contributed by atoms with van der Waals surface area (Å²) in [6.45, 7) is 4.99. The van der Waals surface area contributed by atoms with Gasteiger partial charge in [-0.05, 0) is 25.5 Å². The van der Waals surface area contributed by atoms with Crippen LogP contribution in [-0.2, 0) is 13.1 Å². The van der Waals surface area contributed by atoms with Crippen LogP contribution in [0.1, 0.15) is 22.5 Å². The van der Waals surface area contributed by atoms with E-state index in [1.54, 1.807) is 17.5 Å². The van der Waals surface area contributed by atoms with E-state index in [1.165, 1.54) is 11.3 Å². The molecule has 3 rings (SSSR count). The first kappa shape index (κ1) is 18.3. The summed E-state index contributed by atoms with van der Waals surface area (Å²) in [5.41, 5.74) is 5.51. The molecule has 0 saturated heterocycles. The maximum absolute atomic E-state index is 12.3. The van der Waals surface area contributed by atoms with Gasteiger partial charge in [0, 0.05) is 23.3 Å². The molecule has 0 saturated carbocycles. The number of benzene rings is 1. The molecule has 0 aliphatic heterocycles. The van der Waals surface area contributed by atoms with E-state index >= 15 is 0 Å². The lowest BCUT2D eigenvalue weighted by Crippen LogP contribution is -2.31. The number of halogens is 1. The van der Waals surface area contributed by atoms with Gasteiger partial charge in [-0.1, -0.05) is 41.1 Å². The van der Waals surface area contributed by atoms with Gasteiger partial charge in [0.1, 0.15) is 5.51 Å². The van der Waals surface area contributed by atoms with E-state index in [0.29, 0.717) is 18.2 Å². The molecule has 2 amide bonds. The Morgan fingerprint density at radius 1 is 1.35 bits per heavy atom. The molecule has 7 nitrogen and oxygen atoms in total. The SMILES string of the molecule is Cc1nn(Cc2ccccc2Cl)c(C)c1CN(C)C(=O)Nc1nncs1. The van der Waals surface area contributed by atoms with Crippen molar-refractivity contribution in [2.24, 2.45) is 0 Å². The molecule has 0 aliphatic rings. The summed E-state index contributed by atoms with van der Waals surface area (Å²) in [4.78, 5) is 13.9. The van der Waals surface area contributed by atoms with E-state index in [0.717, 1.165) is 27.5 Å². The first-order valence-electron chi connectivity index (χ1n) is 8.00. The zero-order valence-electron chi connectivity index (χ0n) is 14.7. The van der Waals surface area contributed by atoms with Crippen molar-refractivity contribution < 1.29 is 4.79 Å². The molecule has 2 aromatic heterocycles. The zero-order valence-corrected chi connectivity index (χ0v) is 16.3. The summed E-state index contributed by atoms with van der Waals surface area (Å²) < 4.78 is 1.92. The quantitative estimate of drug-likeness (QED) is 0.720. The molecular weight excluding hydrogens is 372 g/mol. The van der Waals surface area contributed by atoms with Crippen molar-refractivity contribution >= 4 is 34.1 Å². The molecule has 0 atom stereocenters. The Hall–Kier alpha value is -2.45. The van der Waals surface area contributed by atoms with Gasteiger partial charge in [0.05, 0.1) is 18.8 Å². The maximum Gasteiger partial charge on any atom is 0.323 e. The average molecular weight is 391 g/mol. The largest absolute Gasteiger partial charge is 0.323 e. The van der Waals surface area contributed by atoms with Gasteiger partial charge in [-0.2, -0.15) is 5.10 Å². The van der Waals surface area contributed by atoms with E-state index in [4.69, 9.17) is 11.6 Å². The van der Waals surface area contributed by atoms with Gasteiger partial charge < -0.3 is 4.90 Å². The Morgan fingerprint density at radius 2 is 2.12 bits per heavy atom. The van der Waals surface area contributed by atoms with Crippen molar-refractivity contribution in [3.8, 4) is 0 Å². The number of hydrogen-bond donors (Lipinski definition) is 1. The highest BCUT2D eigenvalue weighted by Gasteiger charge is 2.17. The van der Waals surface area contributed by atoms with Gasteiger partial charge in [-0.3, -0.25) is 10.00 Å². The van der Waals surface area contributed by atoms with E-state index in [2.05, 4.69) is 20.6 Å². The number of hydrogen-bond acceptors (Lipinski definition) is 5. The fraction of sp³-hybridized carbons (Fsp3) is 0.294. The normalized spacial score (nSPS) is 10.8. The smallest absolute Gasteiger partial charge is 0.323 e. The molecule has 0 spiro atoms. The molecular formula is C17H19ClN6OS. The Kier molecular flexibility index (Phi) is 5.53. The number of nitrogens with zero attached hydrogens (tertiary/aromatic N) is 5. The number of amides is 2. The van der Waals surface area contributed by atoms with Crippen LogP contribution >= 0.6 is 22.9 Å². The van der Waals surface area contributed by atoms with Crippen molar-refractivity contribution in [2.75, 3.05) is 12.4 Å². The van der Waals surface area contributed by atoms with Crippen molar-refractivity contribution in [1.29, 1.82) is 0 Å². The summed E-state index contributed by atoms with van der Waals surface area (Å²) in [6, 6.07) is 7.48. The highest BCUT2D eigenvalue weighted by atomic mass is 35.5. The molecule has 0 unspecified atom stereocenters. The van der Waals surface area contributed by atoms with Gasteiger partial charge in [0.15, 0.2) is 0 Å². The Labute approximate surface area is 160 Å². The van der Waals surface area contributed by atoms with Crippen LogP contribution in [-0.4, -0.2) is 38.0 Å². The standard InChI is InChI=1S/C17H19ClN6OS/c1-11-14(9-23(3)17(25)20-16-21-19-10-26-16)12(2)24(22-11)8-13-6-4-5-7-15(13)18/h4-7,10H,8-9H2,1-3H3,(H,20,21,25). The fourth-order valence-corrected chi connectivity index (χ4v) is 3.26.